The summed E-state index contributed by atoms with van der Waals surface area (Å²) < 4.78 is 49.8. The van der Waals surface area contributed by atoms with Crippen molar-refractivity contribution in [2.24, 2.45) is 7.05 Å². The minimum absolute atomic E-state index is 0.298. The summed E-state index contributed by atoms with van der Waals surface area (Å²) in [6.45, 7) is 5.63. The van der Waals surface area contributed by atoms with Gasteiger partial charge >= 0.3 is 12.1 Å². The molecule has 1 aromatic carbocycles. The van der Waals surface area contributed by atoms with E-state index in [4.69, 9.17) is 24.4 Å². The summed E-state index contributed by atoms with van der Waals surface area (Å²) in [4.78, 5) is 13.7. The zero-order chi connectivity index (χ0) is 28.7. The molecule has 1 saturated heterocycles. The molecular weight excluding hydrogens is 545 g/mol. The van der Waals surface area contributed by atoms with Gasteiger partial charge in [0.1, 0.15) is 18.1 Å². The lowest BCUT2D eigenvalue weighted by Crippen LogP contribution is -2.21. The van der Waals surface area contributed by atoms with Gasteiger partial charge in [0.15, 0.2) is 5.82 Å². The highest BCUT2D eigenvalue weighted by Gasteiger charge is 2.38. The maximum Gasteiger partial charge on any atom is 0.490 e. The fourth-order valence-electron chi connectivity index (χ4n) is 4.58. The molecule has 4 aromatic rings. The van der Waals surface area contributed by atoms with Crippen molar-refractivity contribution in [2.45, 2.75) is 51.4 Å². The molecule has 8 nitrogen and oxygen atoms in total. The van der Waals surface area contributed by atoms with Crippen molar-refractivity contribution in [1.82, 2.24) is 19.4 Å². The Morgan fingerprint density at radius 2 is 1.90 bits per heavy atom. The van der Waals surface area contributed by atoms with E-state index in [-0.39, 0.29) is 0 Å². The van der Waals surface area contributed by atoms with Crippen LogP contribution in [0.15, 0.2) is 48.0 Å². The van der Waals surface area contributed by atoms with Gasteiger partial charge in [0, 0.05) is 18.9 Å². The Balaban J connectivity index is 0.000000470. The molecule has 4 heterocycles. The third kappa shape index (κ3) is 7.36. The average molecular weight is 579 g/mol. The Hall–Kier alpha value is -3.51. The largest absolute Gasteiger partial charge is 0.492 e. The number of carboxylic acids is 1. The fraction of sp³-hybridized carbons (Fsp3) is 0.429. The average Bonchev–Trinajstić information content (AvgIpc) is 3.56. The van der Waals surface area contributed by atoms with Crippen molar-refractivity contribution < 1.29 is 32.5 Å². The number of carbonyl (C=O) groups is 1. The van der Waals surface area contributed by atoms with Crippen LogP contribution in [0.2, 0.25) is 0 Å². The lowest BCUT2D eigenvalue weighted by molar-refractivity contribution is -0.192. The molecule has 40 heavy (non-hydrogen) atoms. The summed E-state index contributed by atoms with van der Waals surface area (Å²) in [5, 5.41) is 12.7. The van der Waals surface area contributed by atoms with E-state index < -0.39 is 12.1 Å². The highest BCUT2D eigenvalue weighted by atomic mass is 32.1. The SMILES string of the molecule is CCc1cnc(-c2cc3sccc3n2C)n1CCOc1ccc(OC2CCCNCC2)cc1.O=C(O)C(F)(F)F. The predicted octanol–water partition coefficient (Wildman–Crippen LogP) is 5.90. The maximum atomic E-state index is 10.6. The third-order valence-electron chi connectivity index (χ3n) is 6.67. The summed E-state index contributed by atoms with van der Waals surface area (Å²) in [5.41, 5.74) is 3.62. The van der Waals surface area contributed by atoms with Gasteiger partial charge in [-0.2, -0.15) is 13.2 Å². The normalized spacial score (nSPS) is 15.8. The number of aliphatic carboxylic acids is 1. The molecular formula is C28H33F3N4O4S. The van der Waals surface area contributed by atoms with Crippen LogP contribution in [0.1, 0.15) is 31.9 Å². The van der Waals surface area contributed by atoms with E-state index in [0.29, 0.717) is 12.7 Å². The number of hydrogen-bond acceptors (Lipinski definition) is 6. The van der Waals surface area contributed by atoms with Crippen LogP contribution < -0.4 is 14.8 Å². The first-order valence-corrected chi connectivity index (χ1v) is 14.0. The second kappa shape index (κ2) is 13.2. The molecule has 3 aromatic heterocycles. The highest BCUT2D eigenvalue weighted by Crippen LogP contribution is 2.30. The maximum absolute atomic E-state index is 10.6. The van der Waals surface area contributed by atoms with Crippen molar-refractivity contribution in [3.8, 4) is 23.0 Å². The van der Waals surface area contributed by atoms with Gasteiger partial charge in [0.25, 0.3) is 0 Å². The quantitative estimate of drug-likeness (QED) is 0.271. The lowest BCUT2D eigenvalue weighted by Gasteiger charge is -2.17. The molecule has 216 valence electrons. The molecule has 0 aliphatic carbocycles. The second-order valence-corrected chi connectivity index (χ2v) is 10.3. The first-order valence-electron chi connectivity index (χ1n) is 13.2. The van der Waals surface area contributed by atoms with E-state index >= 15 is 0 Å². The fourth-order valence-corrected chi connectivity index (χ4v) is 5.43. The van der Waals surface area contributed by atoms with Crippen molar-refractivity contribution in [2.75, 3.05) is 19.7 Å². The Morgan fingerprint density at radius 1 is 1.18 bits per heavy atom. The number of hydrogen-bond donors (Lipinski definition) is 2. The molecule has 0 bridgehead atoms. The Bertz CT molecular complexity index is 1390. The number of rotatable bonds is 8. The van der Waals surface area contributed by atoms with Crippen LogP contribution in [0.3, 0.4) is 0 Å². The summed E-state index contributed by atoms with van der Waals surface area (Å²) in [6.07, 6.45) is 1.48. The predicted molar refractivity (Wildman–Crippen MR) is 148 cm³/mol. The molecule has 0 amide bonds. The van der Waals surface area contributed by atoms with Crippen LogP contribution in [-0.4, -0.2) is 57.2 Å². The van der Waals surface area contributed by atoms with E-state index in [2.05, 4.69) is 45.9 Å². The molecule has 1 atom stereocenters. The van der Waals surface area contributed by atoms with E-state index in [9.17, 15) is 13.2 Å². The number of ether oxygens (including phenoxy) is 2. The lowest BCUT2D eigenvalue weighted by atomic mass is 10.1. The topological polar surface area (TPSA) is 90.5 Å². The van der Waals surface area contributed by atoms with Crippen LogP contribution in [-0.2, 0) is 24.8 Å². The number of carboxylic acid groups (broad SMARTS) is 1. The molecule has 0 saturated carbocycles. The Morgan fingerprint density at radius 3 is 2.58 bits per heavy atom. The van der Waals surface area contributed by atoms with Gasteiger partial charge in [-0.1, -0.05) is 6.92 Å². The van der Waals surface area contributed by atoms with Gasteiger partial charge in [-0.15, -0.1) is 11.3 Å². The van der Waals surface area contributed by atoms with E-state index in [0.717, 1.165) is 61.9 Å². The molecule has 0 radical (unpaired) electrons. The Labute approximate surface area is 234 Å². The monoisotopic (exact) mass is 578 g/mol. The second-order valence-electron chi connectivity index (χ2n) is 9.38. The van der Waals surface area contributed by atoms with Crippen molar-refractivity contribution in [1.29, 1.82) is 0 Å². The molecule has 1 fully saturated rings. The molecule has 1 unspecified atom stereocenters. The molecule has 2 N–H and O–H groups in total. The minimum atomic E-state index is -5.08. The molecule has 5 rings (SSSR count). The van der Waals surface area contributed by atoms with Crippen LogP contribution in [0.5, 0.6) is 11.5 Å². The standard InChI is InChI=1S/C26H32N4O2S.C2HF3O2/c1-3-19-18-28-26(24-17-25-23(29(24)2)11-16-33-25)30(19)14-15-31-20-6-8-22(9-7-20)32-21-5-4-12-27-13-10-21;3-2(4,5)1(6)7/h6-9,11,16-18,21,27H,3-5,10,12-15H2,1-2H3;(H,6,7). The number of nitrogens with one attached hydrogen (secondary N) is 1. The van der Waals surface area contributed by atoms with Gasteiger partial charge in [-0.25, -0.2) is 9.78 Å². The number of halogens is 3. The smallest absolute Gasteiger partial charge is 0.490 e. The summed E-state index contributed by atoms with van der Waals surface area (Å²) in [7, 11) is 2.11. The van der Waals surface area contributed by atoms with E-state index in [1.54, 1.807) is 11.3 Å². The van der Waals surface area contributed by atoms with Gasteiger partial charge in [0.05, 0.1) is 28.6 Å². The summed E-state index contributed by atoms with van der Waals surface area (Å²) in [6, 6.07) is 12.5. The minimum Gasteiger partial charge on any atom is -0.492 e. The number of benzene rings is 1. The Kier molecular flexibility index (Phi) is 9.75. The summed E-state index contributed by atoms with van der Waals surface area (Å²) >= 11 is 1.77. The van der Waals surface area contributed by atoms with Crippen LogP contribution >= 0.6 is 11.3 Å². The van der Waals surface area contributed by atoms with Gasteiger partial charge in [-0.3, -0.25) is 0 Å². The van der Waals surface area contributed by atoms with Crippen molar-refractivity contribution in [3.05, 3.63) is 53.7 Å². The van der Waals surface area contributed by atoms with Gasteiger partial charge < -0.3 is 29.0 Å². The van der Waals surface area contributed by atoms with Crippen LogP contribution in [0.4, 0.5) is 13.2 Å². The zero-order valence-electron chi connectivity index (χ0n) is 22.4. The van der Waals surface area contributed by atoms with Gasteiger partial charge in [0.2, 0.25) is 0 Å². The molecule has 1 aliphatic rings. The molecule has 12 heteroatoms. The number of imidazole rings is 1. The first kappa shape index (κ1) is 29.5. The third-order valence-corrected chi connectivity index (χ3v) is 7.52. The molecule has 0 spiro atoms. The number of fused-ring (bicyclic) bond motifs is 1. The van der Waals surface area contributed by atoms with E-state index in [1.165, 1.54) is 22.3 Å². The van der Waals surface area contributed by atoms with Gasteiger partial charge in [-0.05, 0) is 80.6 Å². The number of aryl methyl sites for hydroxylation is 2. The molecule has 1 aliphatic heterocycles. The van der Waals surface area contributed by atoms with Crippen molar-refractivity contribution >= 4 is 27.5 Å². The van der Waals surface area contributed by atoms with Crippen LogP contribution in [0, 0.1) is 0 Å². The van der Waals surface area contributed by atoms with Crippen LogP contribution in [0.25, 0.3) is 21.7 Å². The van der Waals surface area contributed by atoms with Crippen molar-refractivity contribution in [3.63, 3.8) is 0 Å². The number of nitrogens with zero attached hydrogens (tertiary/aromatic N) is 3. The number of alkyl halides is 3. The zero-order valence-corrected chi connectivity index (χ0v) is 23.2. The van der Waals surface area contributed by atoms with E-state index in [1.807, 2.05) is 30.5 Å². The summed E-state index contributed by atoms with van der Waals surface area (Å²) in [5.74, 6) is 0.0301. The number of aromatic nitrogens is 3. The number of thiophene rings is 1. The highest BCUT2D eigenvalue weighted by molar-refractivity contribution is 7.17. The first-order chi connectivity index (χ1) is 19.2.